The van der Waals surface area contributed by atoms with Gasteiger partial charge in [0.15, 0.2) is 5.11 Å². The van der Waals surface area contributed by atoms with Gasteiger partial charge in [0.25, 0.3) is 11.6 Å². The van der Waals surface area contributed by atoms with Gasteiger partial charge in [-0.3, -0.25) is 20.2 Å². The van der Waals surface area contributed by atoms with Crippen LogP contribution in [-0.4, -0.2) is 30.2 Å². The van der Waals surface area contributed by atoms with Crippen LogP contribution in [0.3, 0.4) is 0 Å². The van der Waals surface area contributed by atoms with Crippen molar-refractivity contribution in [3.8, 4) is 11.5 Å². The molecule has 9 heteroatoms. The molecule has 2 aromatic rings. The number of thiocarbonyl (C=S) groups is 1. The van der Waals surface area contributed by atoms with Crippen molar-refractivity contribution in [2.75, 3.05) is 19.5 Å². The summed E-state index contributed by atoms with van der Waals surface area (Å²) in [6.07, 6.45) is 0. The molecule has 0 atom stereocenters. The summed E-state index contributed by atoms with van der Waals surface area (Å²) in [5.41, 5.74) is 1.01. The molecule has 2 aromatic carbocycles. The van der Waals surface area contributed by atoms with Crippen LogP contribution in [-0.2, 0) is 0 Å². The Balaban J connectivity index is 2.18. The molecule has 1 amide bonds. The van der Waals surface area contributed by atoms with Gasteiger partial charge >= 0.3 is 0 Å². The highest BCUT2D eigenvalue weighted by Crippen LogP contribution is 2.29. The number of benzene rings is 2. The number of hydrogen-bond donors (Lipinski definition) is 2. The zero-order chi connectivity index (χ0) is 19.3. The summed E-state index contributed by atoms with van der Waals surface area (Å²) in [6.45, 7) is 1.81. The number of hydrogen-bond acceptors (Lipinski definition) is 6. The summed E-state index contributed by atoms with van der Waals surface area (Å²) >= 11 is 5.09. The molecule has 0 aromatic heterocycles. The third-order valence-corrected chi connectivity index (χ3v) is 3.74. The monoisotopic (exact) mass is 375 g/mol. The van der Waals surface area contributed by atoms with Crippen LogP contribution in [0.2, 0.25) is 0 Å². The molecule has 0 saturated carbocycles. The Hall–Kier alpha value is -3.20. The van der Waals surface area contributed by atoms with Crippen LogP contribution in [0.1, 0.15) is 15.9 Å². The van der Waals surface area contributed by atoms with Crippen molar-refractivity contribution in [3.05, 3.63) is 57.6 Å². The normalized spacial score (nSPS) is 9.96. The number of anilines is 1. The highest BCUT2D eigenvalue weighted by molar-refractivity contribution is 7.80. The maximum absolute atomic E-state index is 12.4. The first kappa shape index (κ1) is 19.1. The Labute approximate surface area is 155 Å². The predicted molar refractivity (Wildman–Crippen MR) is 101 cm³/mol. The smallest absolute Gasteiger partial charge is 0.296 e. The number of carbonyl (C=O) groups excluding carboxylic acids is 1. The SMILES string of the molecule is COc1ccc(NC(=S)NC(=O)c2cccc(C)c2OC)c([N+](=O)[O-])c1. The molecule has 0 aliphatic carbocycles. The Morgan fingerprint density at radius 1 is 1.19 bits per heavy atom. The molecule has 26 heavy (non-hydrogen) atoms. The summed E-state index contributed by atoms with van der Waals surface area (Å²) < 4.78 is 10.2. The van der Waals surface area contributed by atoms with Gasteiger partial charge < -0.3 is 14.8 Å². The summed E-state index contributed by atoms with van der Waals surface area (Å²) in [7, 11) is 2.88. The standard InChI is InChI=1S/C17H17N3O5S/c1-10-5-4-6-12(15(10)25-3)16(21)19-17(26)18-13-8-7-11(24-2)9-14(13)20(22)23/h4-9H,1-3H3,(H2,18,19,21,26). The van der Waals surface area contributed by atoms with E-state index in [0.717, 1.165) is 5.56 Å². The van der Waals surface area contributed by atoms with Crippen molar-refractivity contribution in [3.63, 3.8) is 0 Å². The highest BCUT2D eigenvalue weighted by Gasteiger charge is 2.19. The lowest BCUT2D eigenvalue weighted by atomic mass is 10.1. The lowest BCUT2D eigenvalue weighted by Gasteiger charge is -2.13. The second-order valence-electron chi connectivity index (χ2n) is 5.20. The average Bonchev–Trinajstić information content (AvgIpc) is 2.61. The maximum Gasteiger partial charge on any atom is 0.296 e. The first-order valence-corrected chi connectivity index (χ1v) is 7.86. The topological polar surface area (TPSA) is 103 Å². The first-order chi connectivity index (χ1) is 12.4. The molecule has 0 spiro atoms. The van der Waals surface area contributed by atoms with Crippen LogP contribution in [0.15, 0.2) is 36.4 Å². The van der Waals surface area contributed by atoms with E-state index in [1.54, 1.807) is 18.2 Å². The summed E-state index contributed by atoms with van der Waals surface area (Å²) in [6, 6.07) is 9.38. The lowest BCUT2D eigenvalue weighted by Crippen LogP contribution is -2.34. The molecule has 0 aliphatic heterocycles. The van der Waals surface area contributed by atoms with Gasteiger partial charge in [-0.1, -0.05) is 12.1 Å². The van der Waals surface area contributed by atoms with E-state index in [1.807, 2.05) is 13.0 Å². The molecule has 136 valence electrons. The fourth-order valence-corrected chi connectivity index (χ4v) is 2.52. The fraction of sp³-hybridized carbons (Fsp3) is 0.176. The summed E-state index contributed by atoms with van der Waals surface area (Å²) in [5.74, 6) is 0.282. The number of amides is 1. The largest absolute Gasteiger partial charge is 0.496 e. The van der Waals surface area contributed by atoms with Crippen LogP contribution >= 0.6 is 12.2 Å². The number of nitro groups is 1. The van der Waals surface area contributed by atoms with Crippen molar-refractivity contribution < 1.29 is 19.2 Å². The van der Waals surface area contributed by atoms with E-state index >= 15 is 0 Å². The van der Waals surface area contributed by atoms with Crippen molar-refractivity contribution in [2.45, 2.75) is 6.92 Å². The third kappa shape index (κ3) is 4.25. The Morgan fingerprint density at radius 2 is 1.92 bits per heavy atom. The number of nitro benzene ring substituents is 1. The maximum atomic E-state index is 12.4. The number of nitrogens with one attached hydrogen (secondary N) is 2. The van der Waals surface area contributed by atoms with Crippen LogP contribution in [0.4, 0.5) is 11.4 Å². The average molecular weight is 375 g/mol. The molecule has 0 bridgehead atoms. The number of rotatable bonds is 5. The quantitative estimate of drug-likeness (QED) is 0.470. The van der Waals surface area contributed by atoms with E-state index in [1.165, 1.54) is 26.4 Å². The highest BCUT2D eigenvalue weighted by atomic mass is 32.1. The molecule has 0 heterocycles. The first-order valence-electron chi connectivity index (χ1n) is 7.45. The molecule has 0 unspecified atom stereocenters. The third-order valence-electron chi connectivity index (χ3n) is 3.54. The van der Waals surface area contributed by atoms with Crippen LogP contribution in [0.25, 0.3) is 0 Å². The Kier molecular flexibility index (Phi) is 6.07. The predicted octanol–water partition coefficient (Wildman–Crippen LogP) is 3.05. The van der Waals surface area contributed by atoms with Gasteiger partial charge in [-0.05, 0) is 42.9 Å². The van der Waals surface area contributed by atoms with Gasteiger partial charge in [0.05, 0.1) is 30.8 Å². The zero-order valence-electron chi connectivity index (χ0n) is 14.4. The number of nitrogens with zero attached hydrogens (tertiary/aromatic N) is 1. The molecule has 0 aliphatic rings. The van der Waals surface area contributed by atoms with E-state index in [9.17, 15) is 14.9 Å². The number of para-hydroxylation sites is 1. The van der Waals surface area contributed by atoms with Crippen LogP contribution in [0.5, 0.6) is 11.5 Å². The summed E-state index contributed by atoms with van der Waals surface area (Å²) in [5, 5.41) is 16.3. The van der Waals surface area contributed by atoms with Crippen molar-refractivity contribution in [1.29, 1.82) is 0 Å². The number of carbonyl (C=O) groups is 1. The molecule has 2 N–H and O–H groups in total. The fourth-order valence-electron chi connectivity index (χ4n) is 2.32. The van der Waals surface area contributed by atoms with Gasteiger partial charge in [0, 0.05) is 0 Å². The molecule has 2 rings (SSSR count). The van der Waals surface area contributed by atoms with E-state index in [-0.39, 0.29) is 16.5 Å². The van der Waals surface area contributed by atoms with E-state index in [4.69, 9.17) is 21.7 Å². The van der Waals surface area contributed by atoms with Crippen molar-refractivity contribution in [2.24, 2.45) is 0 Å². The van der Waals surface area contributed by atoms with Gasteiger partial charge in [-0.2, -0.15) is 0 Å². The van der Waals surface area contributed by atoms with E-state index in [0.29, 0.717) is 17.1 Å². The molecular weight excluding hydrogens is 358 g/mol. The number of ether oxygens (including phenoxy) is 2. The minimum absolute atomic E-state index is 0.0770. The Morgan fingerprint density at radius 3 is 2.54 bits per heavy atom. The summed E-state index contributed by atoms with van der Waals surface area (Å²) in [4.78, 5) is 23.1. The van der Waals surface area contributed by atoms with Gasteiger partial charge in [0.2, 0.25) is 0 Å². The second-order valence-corrected chi connectivity index (χ2v) is 5.61. The van der Waals surface area contributed by atoms with E-state index < -0.39 is 10.8 Å². The van der Waals surface area contributed by atoms with Gasteiger partial charge in [-0.15, -0.1) is 0 Å². The van der Waals surface area contributed by atoms with Gasteiger partial charge in [0.1, 0.15) is 17.2 Å². The van der Waals surface area contributed by atoms with E-state index in [2.05, 4.69) is 10.6 Å². The lowest BCUT2D eigenvalue weighted by molar-refractivity contribution is -0.384. The molecule has 0 saturated heterocycles. The molecule has 0 radical (unpaired) electrons. The van der Waals surface area contributed by atoms with Crippen LogP contribution in [0, 0.1) is 17.0 Å². The van der Waals surface area contributed by atoms with Gasteiger partial charge in [-0.25, -0.2) is 0 Å². The van der Waals surface area contributed by atoms with Crippen LogP contribution < -0.4 is 20.1 Å². The zero-order valence-corrected chi connectivity index (χ0v) is 15.2. The minimum Gasteiger partial charge on any atom is -0.496 e. The van der Waals surface area contributed by atoms with Crippen molar-refractivity contribution in [1.82, 2.24) is 5.32 Å². The molecule has 8 nitrogen and oxygen atoms in total. The van der Waals surface area contributed by atoms with Crippen molar-refractivity contribution >= 4 is 34.6 Å². The number of methoxy groups -OCH3 is 2. The minimum atomic E-state index is -0.571. The molecule has 0 fully saturated rings. The number of aryl methyl sites for hydroxylation is 1. The Bertz CT molecular complexity index is 869. The molecular formula is C17H17N3O5S. The second kappa shape index (κ2) is 8.26.